The Hall–Kier alpha value is -5.09. The van der Waals surface area contributed by atoms with Crippen LogP contribution in [0.1, 0.15) is 98.4 Å². The number of nitrogens with one attached hydrogen (secondary N) is 3. The monoisotopic (exact) mass is 841 g/mol. The third kappa shape index (κ3) is 14.2. The number of esters is 1. The zero-order chi connectivity index (χ0) is 42.5. The number of amides is 1. The Bertz CT molecular complexity index is 1920. The quantitative estimate of drug-likeness (QED) is 0.0442. The number of nitrogens with zero attached hydrogens (tertiary/aromatic N) is 4. The lowest BCUT2D eigenvalue weighted by molar-refractivity contribution is -0.140. The van der Waals surface area contributed by atoms with Crippen molar-refractivity contribution in [2.45, 2.75) is 82.2 Å². The summed E-state index contributed by atoms with van der Waals surface area (Å²) in [6.07, 6.45) is 13.0. The van der Waals surface area contributed by atoms with Gasteiger partial charge in [-0.2, -0.15) is 0 Å². The van der Waals surface area contributed by atoms with Crippen LogP contribution in [0.3, 0.4) is 0 Å². The molecule has 4 aromatic rings. The van der Waals surface area contributed by atoms with E-state index in [2.05, 4.69) is 47.5 Å². The van der Waals surface area contributed by atoms with Gasteiger partial charge in [0.05, 0.1) is 58.3 Å². The molecule has 61 heavy (non-hydrogen) atoms. The Morgan fingerprint density at radius 2 is 1.54 bits per heavy atom. The Kier molecular flexibility index (Phi) is 18.2. The minimum absolute atomic E-state index is 0.149. The fraction of sp³-hybridized carbons (Fsp3) is 0.543. The van der Waals surface area contributed by atoms with Gasteiger partial charge in [0, 0.05) is 73.9 Å². The molecule has 3 N–H and O–H groups in total. The van der Waals surface area contributed by atoms with Crippen molar-refractivity contribution in [1.29, 1.82) is 0 Å². The molecule has 0 aliphatic carbocycles. The van der Waals surface area contributed by atoms with Crippen molar-refractivity contribution in [3.63, 3.8) is 0 Å². The highest BCUT2D eigenvalue weighted by molar-refractivity contribution is 5.95. The van der Waals surface area contributed by atoms with Gasteiger partial charge in [0.2, 0.25) is 0 Å². The number of carbonyl (C=O) groups excluding carboxylic acids is 2. The van der Waals surface area contributed by atoms with Crippen molar-refractivity contribution < 1.29 is 38.0 Å². The van der Waals surface area contributed by atoms with Crippen LogP contribution >= 0.6 is 0 Å². The fourth-order valence-corrected chi connectivity index (χ4v) is 7.55. The van der Waals surface area contributed by atoms with E-state index in [9.17, 15) is 9.59 Å². The lowest BCUT2D eigenvalue weighted by Gasteiger charge is -2.40. The molecule has 330 valence electrons. The van der Waals surface area contributed by atoms with Gasteiger partial charge >= 0.3 is 5.97 Å². The first-order chi connectivity index (χ1) is 29.9. The van der Waals surface area contributed by atoms with Gasteiger partial charge in [0.25, 0.3) is 5.91 Å². The summed E-state index contributed by atoms with van der Waals surface area (Å²) in [7, 11) is 3.54. The zero-order valence-corrected chi connectivity index (χ0v) is 35.8. The molecule has 2 aromatic heterocycles. The summed E-state index contributed by atoms with van der Waals surface area (Å²) in [6.45, 7) is 6.53. The van der Waals surface area contributed by atoms with Crippen molar-refractivity contribution >= 4 is 17.6 Å². The fourth-order valence-electron chi connectivity index (χ4n) is 7.55. The van der Waals surface area contributed by atoms with Crippen molar-refractivity contribution in [3.05, 3.63) is 83.9 Å². The number of pyridine rings is 1. The average Bonchev–Trinajstić information content (AvgIpc) is 3.80. The Balaban J connectivity index is 0.889. The Morgan fingerprint density at radius 3 is 2.28 bits per heavy atom. The summed E-state index contributed by atoms with van der Waals surface area (Å²) < 4.78 is 33.6. The van der Waals surface area contributed by atoms with E-state index in [1.807, 2.05) is 54.6 Å². The second kappa shape index (κ2) is 24.4. The molecule has 4 heterocycles. The van der Waals surface area contributed by atoms with Crippen LogP contribution in [0.2, 0.25) is 0 Å². The van der Waals surface area contributed by atoms with Crippen molar-refractivity contribution in [2.24, 2.45) is 0 Å². The number of unbranched alkanes of at least 4 members (excludes halogenated alkanes) is 5. The maximum Gasteiger partial charge on any atom is 0.305 e. The van der Waals surface area contributed by atoms with Crippen LogP contribution in [0.15, 0.2) is 67.0 Å². The van der Waals surface area contributed by atoms with E-state index in [0.29, 0.717) is 77.1 Å². The molecule has 0 radical (unpaired) electrons. The third-order valence-corrected chi connectivity index (χ3v) is 11.2. The Labute approximate surface area is 359 Å². The minimum Gasteiger partial charge on any atom is -0.494 e. The molecule has 1 amide bonds. The number of aromatic amines is 1. The molecule has 1 saturated heterocycles. The van der Waals surface area contributed by atoms with Crippen LogP contribution in [0.5, 0.6) is 11.5 Å². The molecule has 1 fully saturated rings. The van der Waals surface area contributed by atoms with E-state index < -0.39 is 5.54 Å². The van der Waals surface area contributed by atoms with Crippen LogP contribution in [-0.4, -0.2) is 117 Å². The number of rotatable bonds is 26. The van der Waals surface area contributed by atoms with Gasteiger partial charge in [-0.1, -0.05) is 18.9 Å². The van der Waals surface area contributed by atoms with E-state index in [1.165, 1.54) is 7.11 Å². The van der Waals surface area contributed by atoms with Crippen LogP contribution < -0.4 is 20.1 Å². The number of hydrogen-bond acceptors (Lipinski definition) is 13. The lowest BCUT2D eigenvalue weighted by atomic mass is 9.86. The van der Waals surface area contributed by atoms with Crippen LogP contribution in [0, 0.1) is 0 Å². The van der Waals surface area contributed by atoms with E-state index in [0.717, 1.165) is 105 Å². The van der Waals surface area contributed by atoms with E-state index in [4.69, 9.17) is 23.7 Å². The molecule has 1 atom stereocenters. The first-order valence-corrected chi connectivity index (χ1v) is 21.8. The molecule has 15 nitrogen and oxygen atoms in total. The lowest BCUT2D eigenvalue weighted by Crippen LogP contribution is -2.46. The predicted molar refractivity (Wildman–Crippen MR) is 232 cm³/mol. The number of methoxy groups -OCH3 is 1. The van der Waals surface area contributed by atoms with Gasteiger partial charge in [-0.3, -0.25) is 14.6 Å². The first kappa shape index (κ1) is 45.4. The van der Waals surface area contributed by atoms with Gasteiger partial charge in [0.15, 0.2) is 11.6 Å². The Morgan fingerprint density at radius 1 is 0.836 bits per heavy atom. The van der Waals surface area contributed by atoms with Crippen molar-refractivity contribution in [1.82, 2.24) is 30.4 Å². The number of hydrogen-bond donors (Lipinski definition) is 3. The summed E-state index contributed by atoms with van der Waals surface area (Å²) in [6, 6.07) is 17.2. The van der Waals surface area contributed by atoms with Crippen LogP contribution in [0.25, 0.3) is 11.4 Å². The number of fused-ring (bicyclic) bond motifs is 1. The molecular weight excluding hydrogens is 779 g/mol. The molecule has 6 rings (SSSR count). The molecule has 0 spiro atoms. The first-order valence-electron chi connectivity index (χ1n) is 21.8. The maximum atomic E-state index is 13.8. The SMILES string of the molecule is COC(=O)CCCCCOCCOCCOCCCCCCOc1ccc2c(c1)[C@@H](NC(=O)c1cccc(NC3(c4nnc(-c5ccncc5)[nH]4)CCN(C)CC3)c1)CCO2. The number of carbonyl (C=O) groups is 2. The van der Waals surface area contributed by atoms with Gasteiger partial charge in [-0.15, -0.1) is 10.2 Å². The summed E-state index contributed by atoms with van der Waals surface area (Å²) >= 11 is 0. The van der Waals surface area contributed by atoms with Crippen LogP contribution in [-0.2, 0) is 29.3 Å². The highest BCUT2D eigenvalue weighted by Crippen LogP contribution is 2.37. The van der Waals surface area contributed by atoms with Crippen molar-refractivity contribution in [3.8, 4) is 22.9 Å². The normalized spacial score (nSPS) is 16.0. The molecule has 2 aliphatic rings. The number of likely N-dealkylation sites (tertiary alicyclic amines) is 1. The molecule has 0 bridgehead atoms. The van der Waals surface area contributed by atoms with Crippen LogP contribution in [0.4, 0.5) is 5.69 Å². The summed E-state index contributed by atoms with van der Waals surface area (Å²) in [5.41, 5.74) is 2.78. The number of anilines is 1. The molecule has 2 aromatic carbocycles. The molecule has 15 heteroatoms. The third-order valence-electron chi connectivity index (χ3n) is 11.2. The second-order valence-corrected chi connectivity index (χ2v) is 15.7. The van der Waals surface area contributed by atoms with Crippen molar-refractivity contribution in [2.75, 3.05) is 85.4 Å². The summed E-state index contributed by atoms with van der Waals surface area (Å²) in [5, 5.41) is 16.1. The molecule has 2 aliphatic heterocycles. The number of H-pyrrole nitrogens is 1. The standard InChI is InChI=1S/C46H63N7O8/c1-53-23-19-46(20-24-53,45-49-43(51-52-45)35-16-21-47-22-17-35)50-37-12-10-11-36(33-37)44(55)48-40-18-28-61-41-15-14-38(34-39(40)41)60-27-9-4-3-7-25-57-29-31-59-32-30-58-26-8-5-6-13-42(54)56-2/h10-12,14-17,21-22,33-34,40,50H,3-9,13,18-20,23-32H2,1-2H3,(H,48,55)(H,49,51,52)/t40-/m0/s1. The smallest absolute Gasteiger partial charge is 0.305 e. The van der Waals surface area contributed by atoms with Gasteiger partial charge in [-0.25, -0.2) is 0 Å². The highest BCUT2D eigenvalue weighted by Gasteiger charge is 2.39. The number of ether oxygens (including phenoxy) is 6. The van der Waals surface area contributed by atoms with Gasteiger partial charge in [0.1, 0.15) is 11.5 Å². The summed E-state index contributed by atoms with van der Waals surface area (Å²) in [4.78, 5) is 34.8. The zero-order valence-electron chi connectivity index (χ0n) is 35.8. The average molecular weight is 842 g/mol. The number of aromatic nitrogens is 4. The molecule has 0 saturated carbocycles. The van der Waals surface area contributed by atoms with E-state index >= 15 is 0 Å². The molecule has 0 unspecified atom stereocenters. The summed E-state index contributed by atoms with van der Waals surface area (Å²) in [5.74, 6) is 2.70. The van der Waals surface area contributed by atoms with Gasteiger partial charge in [-0.05, 0) is 101 Å². The number of benzene rings is 2. The van der Waals surface area contributed by atoms with Gasteiger partial charge < -0.3 is 48.9 Å². The van der Waals surface area contributed by atoms with E-state index in [1.54, 1.807) is 12.4 Å². The second-order valence-electron chi connectivity index (χ2n) is 15.7. The topological polar surface area (TPSA) is 171 Å². The predicted octanol–water partition coefficient (Wildman–Crippen LogP) is 6.88. The van der Waals surface area contributed by atoms with E-state index in [-0.39, 0.29) is 17.9 Å². The minimum atomic E-state index is -0.477. The molecular formula is C46H63N7O8. The highest BCUT2D eigenvalue weighted by atomic mass is 16.5. The maximum absolute atomic E-state index is 13.8. The number of piperidine rings is 1. The largest absolute Gasteiger partial charge is 0.494 e.